The molecule has 4 nitrogen and oxygen atoms in total. The molecule has 0 aliphatic carbocycles. The number of rotatable bonds is 2. The van der Waals surface area contributed by atoms with Gasteiger partial charge in [-0.15, -0.1) is 0 Å². The van der Waals surface area contributed by atoms with Crippen molar-refractivity contribution in [3.05, 3.63) is 58.5 Å². The molecule has 0 fully saturated rings. The second kappa shape index (κ2) is 4.14. The van der Waals surface area contributed by atoms with Crippen molar-refractivity contribution in [2.24, 2.45) is 0 Å². The Hall–Kier alpha value is -2.17. The molecule has 0 saturated carbocycles. The molecule has 0 atom stereocenters. The summed E-state index contributed by atoms with van der Waals surface area (Å²) in [6, 6.07) is 6.33. The minimum Gasteiger partial charge on any atom is -0.396 e. The zero-order chi connectivity index (χ0) is 11.5. The van der Waals surface area contributed by atoms with Crippen molar-refractivity contribution in [3.63, 3.8) is 0 Å². The number of nitrogen functional groups attached to an aromatic ring is 1. The molecule has 82 valence electrons. The number of hydrogen-bond donors (Lipinski definition) is 1. The highest BCUT2D eigenvalue weighted by atomic mass is 19.1. The molecule has 2 aromatic rings. The average molecular weight is 219 g/mol. The smallest absolute Gasteiger partial charge is 0.347 e. The lowest BCUT2D eigenvalue weighted by Gasteiger charge is -2.06. The molecule has 0 aliphatic rings. The van der Waals surface area contributed by atoms with Gasteiger partial charge in [-0.3, -0.25) is 4.57 Å². The molecule has 0 bridgehead atoms. The Morgan fingerprint density at radius 1 is 1.38 bits per heavy atom. The van der Waals surface area contributed by atoms with Crippen LogP contribution in [-0.2, 0) is 6.54 Å². The summed E-state index contributed by atoms with van der Waals surface area (Å²) >= 11 is 0. The summed E-state index contributed by atoms with van der Waals surface area (Å²) in [7, 11) is 0. The molecule has 5 heteroatoms. The Kier molecular flexibility index (Phi) is 2.68. The fourth-order valence-corrected chi connectivity index (χ4v) is 1.41. The first kappa shape index (κ1) is 10.4. The Labute approximate surface area is 91.2 Å². The quantitative estimate of drug-likeness (QED) is 0.767. The van der Waals surface area contributed by atoms with Crippen LogP contribution < -0.4 is 11.4 Å². The molecule has 0 aliphatic heterocycles. The monoisotopic (exact) mass is 219 g/mol. The van der Waals surface area contributed by atoms with Crippen LogP contribution in [-0.4, -0.2) is 9.55 Å². The summed E-state index contributed by atoms with van der Waals surface area (Å²) in [6.07, 6.45) is 2.95. The minimum absolute atomic E-state index is 0.0782. The number of aromatic nitrogens is 2. The molecule has 2 rings (SSSR count). The average Bonchev–Trinajstić information content (AvgIpc) is 2.28. The van der Waals surface area contributed by atoms with E-state index in [0.717, 1.165) is 0 Å². The van der Waals surface area contributed by atoms with E-state index in [1.807, 2.05) is 0 Å². The van der Waals surface area contributed by atoms with Crippen LogP contribution in [0.25, 0.3) is 0 Å². The van der Waals surface area contributed by atoms with E-state index < -0.39 is 11.5 Å². The maximum atomic E-state index is 13.6. The van der Waals surface area contributed by atoms with Crippen molar-refractivity contribution < 1.29 is 4.39 Å². The lowest BCUT2D eigenvalue weighted by atomic mass is 10.2. The van der Waals surface area contributed by atoms with Gasteiger partial charge < -0.3 is 5.73 Å². The van der Waals surface area contributed by atoms with E-state index in [4.69, 9.17) is 5.73 Å². The number of anilines is 1. The topological polar surface area (TPSA) is 60.9 Å². The Morgan fingerprint density at radius 3 is 2.94 bits per heavy atom. The molecular formula is C11H10FN3O. The van der Waals surface area contributed by atoms with Gasteiger partial charge >= 0.3 is 5.69 Å². The first-order valence-electron chi connectivity index (χ1n) is 4.73. The van der Waals surface area contributed by atoms with Gasteiger partial charge in [-0.1, -0.05) is 12.1 Å². The summed E-state index contributed by atoms with van der Waals surface area (Å²) < 4.78 is 14.9. The predicted octanol–water partition coefficient (Wildman–Crippen LogP) is 1.01. The van der Waals surface area contributed by atoms with Crippen LogP contribution in [0, 0.1) is 5.82 Å². The molecular weight excluding hydrogens is 209 g/mol. The van der Waals surface area contributed by atoms with Gasteiger partial charge in [-0.25, -0.2) is 14.2 Å². The van der Waals surface area contributed by atoms with Gasteiger partial charge in [0.2, 0.25) is 0 Å². The largest absolute Gasteiger partial charge is 0.396 e. The highest BCUT2D eigenvalue weighted by Crippen LogP contribution is 2.14. The van der Waals surface area contributed by atoms with Crippen LogP contribution in [0.2, 0.25) is 0 Å². The summed E-state index contributed by atoms with van der Waals surface area (Å²) in [5.74, 6) is -0.488. The highest BCUT2D eigenvalue weighted by molar-refractivity contribution is 5.42. The number of nitrogens with zero attached hydrogens (tertiary/aromatic N) is 2. The van der Waals surface area contributed by atoms with E-state index in [1.54, 1.807) is 24.4 Å². The van der Waals surface area contributed by atoms with Crippen LogP contribution in [0.15, 0.2) is 41.5 Å². The third kappa shape index (κ3) is 1.93. The van der Waals surface area contributed by atoms with Crippen molar-refractivity contribution >= 4 is 5.69 Å². The zero-order valence-corrected chi connectivity index (χ0v) is 8.43. The third-order valence-electron chi connectivity index (χ3n) is 2.23. The minimum atomic E-state index is -0.488. The molecule has 16 heavy (non-hydrogen) atoms. The summed E-state index contributed by atoms with van der Waals surface area (Å²) in [6.45, 7) is 0.129. The second-order valence-corrected chi connectivity index (χ2v) is 3.35. The molecule has 0 radical (unpaired) electrons. The van der Waals surface area contributed by atoms with E-state index in [0.29, 0.717) is 5.56 Å². The SMILES string of the molecule is Nc1cccc(Cn2cccnc2=O)c1F. The van der Waals surface area contributed by atoms with Gasteiger partial charge in [-0.2, -0.15) is 0 Å². The van der Waals surface area contributed by atoms with E-state index in [2.05, 4.69) is 4.98 Å². The Morgan fingerprint density at radius 2 is 2.19 bits per heavy atom. The van der Waals surface area contributed by atoms with Gasteiger partial charge in [0.05, 0.1) is 12.2 Å². The van der Waals surface area contributed by atoms with E-state index >= 15 is 0 Å². The number of benzene rings is 1. The molecule has 1 aromatic carbocycles. The van der Waals surface area contributed by atoms with E-state index in [9.17, 15) is 9.18 Å². The summed E-state index contributed by atoms with van der Waals surface area (Å²) in [5, 5.41) is 0. The van der Waals surface area contributed by atoms with Gasteiger partial charge in [0.15, 0.2) is 5.82 Å². The van der Waals surface area contributed by atoms with Crippen molar-refractivity contribution in [1.29, 1.82) is 0 Å². The van der Waals surface area contributed by atoms with E-state index in [1.165, 1.54) is 16.8 Å². The zero-order valence-electron chi connectivity index (χ0n) is 8.43. The van der Waals surface area contributed by atoms with Crippen LogP contribution in [0.1, 0.15) is 5.56 Å². The lowest BCUT2D eigenvalue weighted by Crippen LogP contribution is -2.22. The molecule has 0 amide bonds. The van der Waals surface area contributed by atoms with Crippen molar-refractivity contribution in [3.8, 4) is 0 Å². The Bertz CT molecular complexity index is 565. The number of halogens is 1. The predicted molar refractivity (Wildman–Crippen MR) is 58.4 cm³/mol. The molecule has 0 spiro atoms. The van der Waals surface area contributed by atoms with Gasteiger partial charge in [0.1, 0.15) is 0 Å². The summed E-state index contributed by atoms with van der Waals surface area (Å²) in [4.78, 5) is 14.9. The lowest BCUT2D eigenvalue weighted by molar-refractivity contribution is 0.597. The maximum Gasteiger partial charge on any atom is 0.347 e. The summed E-state index contributed by atoms with van der Waals surface area (Å²) in [5.41, 5.74) is 5.47. The molecule has 0 unspecified atom stereocenters. The number of hydrogen-bond acceptors (Lipinski definition) is 3. The normalized spacial score (nSPS) is 10.3. The van der Waals surface area contributed by atoms with Gasteiger partial charge in [0.25, 0.3) is 0 Å². The van der Waals surface area contributed by atoms with Gasteiger partial charge in [-0.05, 0) is 12.1 Å². The first-order chi connectivity index (χ1) is 7.68. The molecule has 0 saturated heterocycles. The molecule has 2 N–H and O–H groups in total. The fourth-order valence-electron chi connectivity index (χ4n) is 1.41. The number of nitrogens with two attached hydrogens (primary N) is 1. The highest BCUT2D eigenvalue weighted by Gasteiger charge is 2.06. The van der Waals surface area contributed by atoms with Crippen molar-refractivity contribution in [2.45, 2.75) is 6.54 Å². The van der Waals surface area contributed by atoms with Gasteiger partial charge in [0, 0.05) is 18.0 Å². The van der Waals surface area contributed by atoms with Crippen LogP contribution in [0.3, 0.4) is 0 Å². The van der Waals surface area contributed by atoms with E-state index in [-0.39, 0.29) is 12.2 Å². The first-order valence-corrected chi connectivity index (χ1v) is 4.73. The van der Waals surface area contributed by atoms with Crippen molar-refractivity contribution in [1.82, 2.24) is 9.55 Å². The Balaban J connectivity index is 2.38. The second-order valence-electron chi connectivity index (χ2n) is 3.35. The third-order valence-corrected chi connectivity index (χ3v) is 2.23. The molecule has 1 heterocycles. The van der Waals surface area contributed by atoms with Crippen LogP contribution >= 0.6 is 0 Å². The maximum absolute atomic E-state index is 13.6. The standard InChI is InChI=1S/C11H10FN3O/c12-10-8(3-1-4-9(10)13)7-15-6-2-5-14-11(15)16/h1-6H,7,13H2. The van der Waals surface area contributed by atoms with Crippen LogP contribution in [0.4, 0.5) is 10.1 Å². The van der Waals surface area contributed by atoms with Crippen molar-refractivity contribution in [2.75, 3.05) is 5.73 Å². The van der Waals surface area contributed by atoms with Crippen LogP contribution in [0.5, 0.6) is 0 Å². The fraction of sp³-hybridized carbons (Fsp3) is 0.0909. The molecule has 1 aromatic heterocycles.